The highest BCUT2D eigenvalue weighted by molar-refractivity contribution is 6.30. The first kappa shape index (κ1) is 20.7. The first-order valence-electron chi connectivity index (χ1n) is 10.5. The van der Waals surface area contributed by atoms with Gasteiger partial charge in [0.2, 0.25) is 11.7 Å². The highest BCUT2D eigenvalue weighted by Gasteiger charge is 2.35. The number of ether oxygens (including phenoxy) is 1. The van der Waals surface area contributed by atoms with Crippen LogP contribution >= 0.6 is 11.6 Å². The van der Waals surface area contributed by atoms with Crippen LogP contribution in [0.3, 0.4) is 0 Å². The standard InChI is InChI=1S/C23H21ClN4O4/c24-17-7-5-15(6-8-17)21-25-20(32-26-21)14-27-9-11-28(12-10-27)22(29)19-13-16-3-1-2-4-18(16)23(30)31-19/h1-8,19H,9-14H2. The number of hydrogen-bond donors (Lipinski definition) is 0. The molecule has 2 aromatic carbocycles. The third-order valence-electron chi connectivity index (χ3n) is 5.78. The van der Waals surface area contributed by atoms with Gasteiger partial charge in [0, 0.05) is 43.2 Å². The zero-order valence-corrected chi connectivity index (χ0v) is 18.0. The van der Waals surface area contributed by atoms with Crippen molar-refractivity contribution in [3.8, 4) is 11.4 Å². The van der Waals surface area contributed by atoms with E-state index in [9.17, 15) is 9.59 Å². The highest BCUT2D eigenvalue weighted by Crippen LogP contribution is 2.23. The van der Waals surface area contributed by atoms with Crippen LogP contribution in [0.15, 0.2) is 53.1 Å². The lowest BCUT2D eigenvalue weighted by Gasteiger charge is -2.36. The molecule has 32 heavy (non-hydrogen) atoms. The summed E-state index contributed by atoms with van der Waals surface area (Å²) in [4.78, 5) is 33.5. The lowest BCUT2D eigenvalue weighted by Crippen LogP contribution is -2.52. The molecular weight excluding hydrogens is 432 g/mol. The van der Waals surface area contributed by atoms with Gasteiger partial charge in [0.15, 0.2) is 6.10 Å². The summed E-state index contributed by atoms with van der Waals surface area (Å²) in [5.41, 5.74) is 2.23. The summed E-state index contributed by atoms with van der Waals surface area (Å²) in [6.07, 6.45) is -0.349. The maximum Gasteiger partial charge on any atom is 0.339 e. The zero-order chi connectivity index (χ0) is 22.1. The number of amides is 1. The third-order valence-corrected chi connectivity index (χ3v) is 6.03. The van der Waals surface area contributed by atoms with Gasteiger partial charge in [-0.15, -0.1) is 0 Å². The molecule has 3 heterocycles. The molecule has 0 aliphatic carbocycles. The molecule has 0 saturated carbocycles. The molecule has 0 spiro atoms. The Kier molecular flexibility index (Phi) is 5.63. The van der Waals surface area contributed by atoms with E-state index >= 15 is 0 Å². The molecule has 164 valence electrons. The summed E-state index contributed by atoms with van der Waals surface area (Å²) < 4.78 is 10.8. The Morgan fingerprint density at radius 3 is 2.59 bits per heavy atom. The van der Waals surface area contributed by atoms with Crippen LogP contribution in [0.1, 0.15) is 21.8 Å². The van der Waals surface area contributed by atoms with Gasteiger partial charge >= 0.3 is 5.97 Å². The molecule has 1 aromatic heterocycles. The number of halogens is 1. The predicted octanol–water partition coefficient (Wildman–Crippen LogP) is 2.82. The molecule has 8 nitrogen and oxygen atoms in total. The van der Waals surface area contributed by atoms with E-state index in [1.165, 1.54) is 0 Å². The van der Waals surface area contributed by atoms with Gasteiger partial charge in [0.25, 0.3) is 5.91 Å². The summed E-state index contributed by atoms with van der Waals surface area (Å²) in [5, 5.41) is 4.69. The smallest absolute Gasteiger partial charge is 0.339 e. The molecule has 2 aliphatic heterocycles. The minimum absolute atomic E-state index is 0.143. The van der Waals surface area contributed by atoms with Crippen LogP contribution in [0.5, 0.6) is 0 Å². The largest absolute Gasteiger partial charge is 0.448 e. The summed E-state index contributed by atoms with van der Waals surface area (Å²) >= 11 is 5.92. The van der Waals surface area contributed by atoms with E-state index in [2.05, 4.69) is 15.0 Å². The van der Waals surface area contributed by atoms with E-state index in [-0.39, 0.29) is 5.91 Å². The van der Waals surface area contributed by atoms with Crippen molar-refractivity contribution in [3.63, 3.8) is 0 Å². The molecular formula is C23H21ClN4O4. The van der Waals surface area contributed by atoms with Gasteiger partial charge < -0.3 is 14.2 Å². The maximum atomic E-state index is 12.9. The average Bonchev–Trinajstić information content (AvgIpc) is 3.28. The van der Waals surface area contributed by atoms with Crippen LogP contribution in [0.4, 0.5) is 0 Å². The SMILES string of the molecule is O=C1OC(C(=O)N2CCN(Cc3nc(-c4ccc(Cl)cc4)no3)CC2)Cc2ccccc21. The van der Waals surface area contributed by atoms with Crippen molar-refractivity contribution in [1.29, 1.82) is 0 Å². The van der Waals surface area contributed by atoms with Crippen molar-refractivity contribution in [2.24, 2.45) is 0 Å². The normalized spacial score (nSPS) is 18.8. The van der Waals surface area contributed by atoms with Gasteiger partial charge in [0.05, 0.1) is 12.1 Å². The number of fused-ring (bicyclic) bond motifs is 1. The monoisotopic (exact) mass is 452 g/mol. The van der Waals surface area contributed by atoms with Crippen LogP contribution in [0.2, 0.25) is 5.02 Å². The van der Waals surface area contributed by atoms with Crippen molar-refractivity contribution < 1.29 is 18.8 Å². The summed E-state index contributed by atoms with van der Waals surface area (Å²) in [6, 6.07) is 14.5. The second-order valence-electron chi connectivity index (χ2n) is 7.88. The molecule has 9 heteroatoms. The summed E-state index contributed by atoms with van der Waals surface area (Å²) in [5.74, 6) is 0.462. The fourth-order valence-electron chi connectivity index (χ4n) is 4.03. The number of carbonyl (C=O) groups excluding carboxylic acids is 2. The number of hydrogen-bond acceptors (Lipinski definition) is 7. The zero-order valence-electron chi connectivity index (χ0n) is 17.2. The average molecular weight is 453 g/mol. The molecule has 1 amide bonds. The van der Waals surface area contributed by atoms with Crippen LogP contribution < -0.4 is 0 Å². The maximum absolute atomic E-state index is 12.9. The fourth-order valence-corrected chi connectivity index (χ4v) is 4.15. The molecule has 2 aliphatic rings. The molecule has 1 saturated heterocycles. The van der Waals surface area contributed by atoms with Crippen molar-refractivity contribution in [3.05, 3.63) is 70.6 Å². The Balaban J connectivity index is 1.16. The molecule has 1 fully saturated rings. The molecule has 5 rings (SSSR count). The number of cyclic esters (lactones) is 1. The first-order chi connectivity index (χ1) is 15.6. The molecule has 1 unspecified atom stereocenters. The molecule has 0 N–H and O–H groups in total. The number of benzene rings is 2. The molecule has 0 bridgehead atoms. The number of rotatable bonds is 4. The first-order valence-corrected chi connectivity index (χ1v) is 10.8. The second-order valence-corrected chi connectivity index (χ2v) is 8.31. The summed E-state index contributed by atoms with van der Waals surface area (Å²) in [7, 11) is 0. The van der Waals surface area contributed by atoms with Gasteiger partial charge in [-0.1, -0.05) is 35.0 Å². The Labute approximate surface area is 189 Å². The lowest BCUT2D eigenvalue weighted by atomic mass is 9.98. The Bertz CT molecular complexity index is 1140. The van der Waals surface area contributed by atoms with Gasteiger partial charge in [-0.3, -0.25) is 9.69 Å². The van der Waals surface area contributed by atoms with Crippen LogP contribution in [0, 0.1) is 0 Å². The van der Waals surface area contributed by atoms with E-state index < -0.39 is 12.1 Å². The Morgan fingerprint density at radius 2 is 1.81 bits per heavy atom. The molecule has 0 radical (unpaired) electrons. The quantitative estimate of drug-likeness (QED) is 0.562. The van der Waals surface area contributed by atoms with Crippen LogP contribution in [-0.4, -0.2) is 64.1 Å². The van der Waals surface area contributed by atoms with E-state index in [1.807, 2.05) is 24.3 Å². The van der Waals surface area contributed by atoms with Gasteiger partial charge in [-0.05, 0) is 35.9 Å². The van der Waals surface area contributed by atoms with Gasteiger partial charge in [-0.2, -0.15) is 4.98 Å². The number of aromatic nitrogens is 2. The Morgan fingerprint density at radius 1 is 1.06 bits per heavy atom. The van der Waals surface area contributed by atoms with Crippen LogP contribution in [-0.2, 0) is 22.5 Å². The van der Waals surface area contributed by atoms with Gasteiger partial charge in [0.1, 0.15) is 0 Å². The van der Waals surface area contributed by atoms with Crippen molar-refractivity contribution in [2.75, 3.05) is 26.2 Å². The van der Waals surface area contributed by atoms with Crippen molar-refractivity contribution >= 4 is 23.5 Å². The summed E-state index contributed by atoms with van der Waals surface area (Å²) in [6.45, 7) is 2.94. The van der Waals surface area contributed by atoms with Gasteiger partial charge in [-0.25, -0.2) is 4.79 Å². The lowest BCUT2D eigenvalue weighted by molar-refractivity contribution is -0.143. The Hall–Kier alpha value is -3.23. The van der Waals surface area contributed by atoms with E-state index in [1.54, 1.807) is 29.2 Å². The predicted molar refractivity (Wildman–Crippen MR) is 116 cm³/mol. The second kappa shape index (κ2) is 8.72. The number of esters is 1. The number of piperazine rings is 1. The van der Waals surface area contributed by atoms with Crippen molar-refractivity contribution in [2.45, 2.75) is 19.1 Å². The fraction of sp³-hybridized carbons (Fsp3) is 0.304. The minimum Gasteiger partial charge on any atom is -0.448 e. The van der Waals surface area contributed by atoms with Crippen LogP contribution in [0.25, 0.3) is 11.4 Å². The molecule has 1 atom stereocenters. The van der Waals surface area contributed by atoms with Crippen molar-refractivity contribution in [1.82, 2.24) is 19.9 Å². The number of nitrogens with zero attached hydrogens (tertiary/aromatic N) is 4. The van der Waals surface area contributed by atoms with E-state index in [0.717, 1.165) is 11.1 Å². The number of carbonyl (C=O) groups is 2. The highest BCUT2D eigenvalue weighted by atomic mass is 35.5. The molecule has 3 aromatic rings. The topological polar surface area (TPSA) is 88.8 Å². The third kappa shape index (κ3) is 4.24. The van der Waals surface area contributed by atoms with E-state index in [4.69, 9.17) is 20.9 Å². The van der Waals surface area contributed by atoms with E-state index in [0.29, 0.717) is 61.4 Å². The minimum atomic E-state index is -0.762.